The van der Waals surface area contributed by atoms with Crippen LogP contribution >= 0.6 is 0 Å². The molecule has 0 radical (unpaired) electrons. The summed E-state index contributed by atoms with van der Waals surface area (Å²) < 4.78 is 36.5. The van der Waals surface area contributed by atoms with Crippen molar-refractivity contribution in [1.82, 2.24) is 0 Å². The molecule has 0 saturated heterocycles. The monoisotopic (exact) mass is 198 g/mol. The van der Waals surface area contributed by atoms with Crippen molar-refractivity contribution in [2.75, 3.05) is 0 Å². The highest BCUT2D eigenvalue weighted by molar-refractivity contribution is 5.73. The highest BCUT2D eigenvalue weighted by Crippen LogP contribution is 2.29. The van der Waals surface area contributed by atoms with Crippen LogP contribution < -0.4 is 0 Å². The van der Waals surface area contributed by atoms with E-state index in [0.29, 0.717) is 6.29 Å². The summed E-state index contributed by atoms with van der Waals surface area (Å²) in [6, 6.07) is 4.51. The number of carbonyl (C=O) groups is 1. The van der Waals surface area contributed by atoms with E-state index in [1.54, 1.807) is 0 Å². The molecule has 1 aromatic carbocycles. The Labute approximate surface area is 78.5 Å². The van der Waals surface area contributed by atoms with Crippen molar-refractivity contribution in [2.24, 2.45) is 0 Å². The molecular weight excluding hydrogens is 193 g/mol. The van der Waals surface area contributed by atoms with Crippen LogP contribution in [0.5, 0.6) is 0 Å². The van der Waals surface area contributed by atoms with Gasteiger partial charge in [-0.15, -0.1) is 0 Å². The van der Waals surface area contributed by atoms with Gasteiger partial charge in [0.2, 0.25) is 0 Å². The molecule has 0 atom stereocenters. The summed E-state index contributed by atoms with van der Waals surface area (Å²) in [6.07, 6.45) is -4.04. The van der Waals surface area contributed by atoms with Crippen molar-refractivity contribution < 1.29 is 18.0 Å². The number of hydrogen-bond acceptors (Lipinski definition) is 1. The van der Waals surface area contributed by atoms with E-state index < -0.39 is 11.7 Å². The number of aldehydes is 1. The lowest BCUT2D eigenvalue weighted by Gasteiger charge is -2.05. The van der Waals surface area contributed by atoms with Crippen LogP contribution in [-0.4, -0.2) is 6.29 Å². The second kappa shape index (κ2) is 3.97. The van der Waals surface area contributed by atoms with Gasteiger partial charge in [-0.1, -0.05) is 12.0 Å². The maximum atomic E-state index is 12.2. The number of benzene rings is 1. The van der Waals surface area contributed by atoms with Crippen LogP contribution in [0.2, 0.25) is 0 Å². The second-order valence-electron chi connectivity index (χ2n) is 2.47. The summed E-state index contributed by atoms with van der Waals surface area (Å²) in [6.45, 7) is 0. The Balaban J connectivity index is 3.07. The Bertz CT molecular complexity index is 396. The molecule has 0 unspecified atom stereocenters. The van der Waals surface area contributed by atoms with Crippen molar-refractivity contribution in [3.63, 3.8) is 0 Å². The van der Waals surface area contributed by atoms with Crippen LogP contribution in [0.4, 0.5) is 13.2 Å². The SMILES string of the molecule is O=CC#Cc1cccc(C(F)(F)F)c1. The highest BCUT2D eigenvalue weighted by atomic mass is 19.4. The van der Waals surface area contributed by atoms with Gasteiger partial charge in [0, 0.05) is 5.56 Å². The third kappa shape index (κ3) is 2.63. The van der Waals surface area contributed by atoms with Gasteiger partial charge in [0.25, 0.3) is 0 Å². The van der Waals surface area contributed by atoms with E-state index in [4.69, 9.17) is 0 Å². The molecule has 0 amide bonds. The summed E-state index contributed by atoms with van der Waals surface area (Å²) >= 11 is 0. The second-order valence-corrected chi connectivity index (χ2v) is 2.47. The molecule has 1 nitrogen and oxygen atoms in total. The summed E-state index contributed by atoms with van der Waals surface area (Å²) in [7, 11) is 0. The fourth-order valence-corrected chi connectivity index (χ4v) is 0.886. The minimum absolute atomic E-state index is 0.173. The lowest BCUT2D eigenvalue weighted by molar-refractivity contribution is -0.137. The molecule has 0 aliphatic rings. The molecule has 0 heterocycles. The Morgan fingerprint density at radius 3 is 2.57 bits per heavy atom. The molecule has 0 saturated carbocycles. The first kappa shape index (κ1) is 10.3. The first-order valence-corrected chi connectivity index (χ1v) is 3.66. The molecule has 72 valence electrons. The van der Waals surface area contributed by atoms with Crippen molar-refractivity contribution in [2.45, 2.75) is 6.18 Å². The summed E-state index contributed by atoms with van der Waals surface area (Å²) in [5.74, 6) is 4.33. The summed E-state index contributed by atoms with van der Waals surface area (Å²) in [4.78, 5) is 9.86. The summed E-state index contributed by atoms with van der Waals surface area (Å²) in [5.41, 5.74) is -0.595. The molecule has 0 aliphatic carbocycles. The molecular formula is C10H5F3O. The van der Waals surface area contributed by atoms with Gasteiger partial charge in [0.15, 0.2) is 6.29 Å². The fraction of sp³-hybridized carbons (Fsp3) is 0.100. The highest BCUT2D eigenvalue weighted by Gasteiger charge is 2.30. The fourth-order valence-electron chi connectivity index (χ4n) is 0.886. The van der Waals surface area contributed by atoms with Crippen molar-refractivity contribution in [3.8, 4) is 11.8 Å². The first-order valence-electron chi connectivity index (χ1n) is 3.66. The maximum absolute atomic E-state index is 12.2. The Morgan fingerprint density at radius 2 is 2.00 bits per heavy atom. The minimum Gasteiger partial charge on any atom is -0.289 e. The van der Waals surface area contributed by atoms with Gasteiger partial charge >= 0.3 is 6.18 Å². The summed E-state index contributed by atoms with van der Waals surface area (Å²) in [5, 5.41) is 0. The van der Waals surface area contributed by atoms with Crippen LogP contribution in [0.15, 0.2) is 24.3 Å². The van der Waals surface area contributed by atoms with Gasteiger partial charge < -0.3 is 0 Å². The molecule has 4 heteroatoms. The van der Waals surface area contributed by atoms with E-state index in [-0.39, 0.29) is 5.56 Å². The van der Waals surface area contributed by atoms with Gasteiger partial charge in [-0.3, -0.25) is 4.79 Å². The maximum Gasteiger partial charge on any atom is 0.416 e. The Morgan fingerprint density at radius 1 is 1.29 bits per heavy atom. The smallest absolute Gasteiger partial charge is 0.289 e. The van der Waals surface area contributed by atoms with Crippen LogP contribution in [0.25, 0.3) is 0 Å². The van der Waals surface area contributed by atoms with Gasteiger partial charge in [-0.2, -0.15) is 13.2 Å². The van der Waals surface area contributed by atoms with E-state index in [0.717, 1.165) is 12.1 Å². The number of carbonyl (C=O) groups excluding carboxylic acids is 1. The molecule has 0 aromatic heterocycles. The molecule has 0 aliphatic heterocycles. The van der Waals surface area contributed by atoms with E-state index >= 15 is 0 Å². The normalized spacial score (nSPS) is 10.2. The molecule has 0 N–H and O–H groups in total. The van der Waals surface area contributed by atoms with Gasteiger partial charge in [0.1, 0.15) is 0 Å². The predicted molar refractivity (Wildman–Crippen MR) is 44.4 cm³/mol. The average Bonchev–Trinajstić information content (AvgIpc) is 2.14. The first-order chi connectivity index (χ1) is 6.54. The molecule has 1 aromatic rings. The zero-order chi connectivity index (χ0) is 10.6. The van der Waals surface area contributed by atoms with E-state index in [2.05, 4.69) is 5.92 Å². The van der Waals surface area contributed by atoms with Crippen LogP contribution in [0, 0.1) is 11.8 Å². The molecule has 0 bridgehead atoms. The van der Waals surface area contributed by atoms with E-state index in [1.807, 2.05) is 5.92 Å². The van der Waals surface area contributed by atoms with E-state index in [1.165, 1.54) is 12.1 Å². The number of alkyl halides is 3. The van der Waals surface area contributed by atoms with Gasteiger partial charge in [0.05, 0.1) is 5.56 Å². The van der Waals surface area contributed by atoms with Crippen LogP contribution in [0.1, 0.15) is 11.1 Å². The van der Waals surface area contributed by atoms with Crippen molar-refractivity contribution in [1.29, 1.82) is 0 Å². The van der Waals surface area contributed by atoms with Crippen LogP contribution in [-0.2, 0) is 11.0 Å². The van der Waals surface area contributed by atoms with Gasteiger partial charge in [-0.25, -0.2) is 0 Å². The number of rotatable bonds is 0. The predicted octanol–water partition coefficient (Wildman–Crippen LogP) is 2.26. The number of hydrogen-bond donors (Lipinski definition) is 0. The lowest BCUT2D eigenvalue weighted by atomic mass is 10.1. The van der Waals surface area contributed by atoms with Crippen molar-refractivity contribution in [3.05, 3.63) is 35.4 Å². The third-order valence-electron chi connectivity index (χ3n) is 1.47. The van der Waals surface area contributed by atoms with Crippen molar-refractivity contribution >= 4 is 6.29 Å². The molecule has 0 fully saturated rings. The van der Waals surface area contributed by atoms with Crippen LogP contribution in [0.3, 0.4) is 0 Å². The van der Waals surface area contributed by atoms with Gasteiger partial charge in [-0.05, 0) is 24.1 Å². The largest absolute Gasteiger partial charge is 0.416 e. The standard InChI is InChI=1S/C10H5F3O/c11-10(12,13)9-5-1-3-8(7-9)4-2-6-14/h1,3,5-7H. The molecule has 1 rings (SSSR count). The number of halogens is 3. The third-order valence-corrected chi connectivity index (χ3v) is 1.47. The average molecular weight is 198 g/mol. The lowest BCUT2D eigenvalue weighted by Crippen LogP contribution is -2.04. The molecule has 0 spiro atoms. The zero-order valence-electron chi connectivity index (χ0n) is 6.93. The Hall–Kier alpha value is -1.76. The Kier molecular flexibility index (Phi) is 2.92. The van der Waals surface area contributed by atoms with E-state index in [9.17, 15) is 18.0 Å². The zero-order valence-corrected chi connectivity index (χ0v) is 6.93. The quantitative estimate of drug-likeness (QED) is 0.461. The molecule has 14 heavy (non-hydrogen) atoms. The minimum atomic E-state index is -4.38. The topological polar surface area (TPSA) is 17.1 Å².